The molecule has 1 aromatic heterocycles. The number of carbonyl (C=O) groups excluding carboxylic acids is 1. The Labute approximate surface area is 147 Å². The van der Waals surface area contributed by atoms with Crippen molar-refractivity contribution in [2.45, 2.75) is 20.8 Å². The van der Waals surface area contributed by atoms with Crippen LogP contribution in [0.25, 0.3) is 22.6 Å². The van der Waals surface area contributed by atoms with Crippen LogP contribution in [0.2, 0.25) is 0 Å². The zero-order chi connectivity index (χ0) is 17.8. The van der Waals surface area contributed by atoms with Gasteiger partial charge in [0.15, 0.2) is 5.82 Å². The SMILES string of the molecule is CCOC(=O)c1c(C)nc(-c2ccccc2C)nc1-c1ccccc1. The van der Waals surface area contributed by atoms with Crippen molar-refractivity contribution in [2.75, 3.05) is 6.61 Å². The topological polar surface area (TPSA) is 52.1 Å². The van der Waals surface area contributed by atoms with Crippen LogP contribution in [0.15, 0.2) is 54.6 Å². The molecular weight excluding hydrogens is 312 g/mol. The number of esters is 1. The van der Waals surface area contributed by atoms with Gasteiger partial charge >= 0.3 is 5.97 Å². The number of aromatic nitrogens is 2. The quantitative estimate of drug-likeness (QED) is 0.655. The first-order valence-corrected chi connectivity index (χ1v) is 8.29. The number of hydrogen-bond acceptors (Lipinski definition) is 4. The third kappa shape index (κ3) is 3.43. The molecule has 0 bridgehead atoms. The van der Waals surface area contributed by atoms with Crippen molar-refractivity contribution >= 4 is 5.97 Å². The van der Waals surface area contributed by atoms with Gasteiger partial charge in [-0.1, -0.05) is 54.6 Å². The molecule has 126 valence electrons. The molecule has 2 aromatic carbocycles. The van der Waals surface area contributed by atoms with Crippen molar-refractivity contribution in [3.63, 3.8) is 0 Å². The van der Waals surface area contributed by atoms with Crippen LogP contribution in [-0.2, 0) is 4.74 Å². The number of nitrogens with zero attached hydrogens (tertiary/aromatic N) is 2. The molecular formula is C21H20N2O2. The van der Waals surface area contributed by atoms with E-state index in [0.29, 0.717) is 29.4 Å². The van der Waals surface area contributed by atoms with E-state index >= 15 is 0 Å². The van der Waals surface area contributed by atoms with Gasteiger partial charge in [-0.25, -0.2) is 14.8 Å². The second-order valence-corrected chi connectivity index (χ2v) is 5.76. The first-order chi connectivity index (χ1) is 12.1. The molecule has 0 fully saturated rings. The lowest BCUT2D eigenvalue weighted by atomic mass is 10.0. The summed E-state index contributed by atoms with van der Waals surface area (Å²) in [6.45, 7) is 5.95. The molecule has 0 saturated heterocycles. The third-order valence-corrected chi connectivity index (χ3v) is 4.00. The molecule has 0 spiro atoms. The molecule has 0 aliphatic carbocycles. The molecule has 0 aliphatic rings. The molecule has 0 amide bonds. The fraction of sp³-hybridized carbons (Fsp3) is 0.190. The monoisotopic (exact) mass is 332 g/mol. The number of ether oxygens (including phenoxy) is 1. The number of hydrogen-bond donors (Lipinski definition) is 0. The van der Waals surface area contributed by atoms with E-state index in [9.17, 15) is 4.79 Å². The van der Waals surface area contributed by atoms with Crippen LogP contribution in [-0.4, -0.2) is 22.5 Å². The largest absolute Gasteiger partial charge is 0.462 e. The molecule has 0 radical (unpaired) electrons. The maximum Gasteiger partial charge on any atom is 0.342 e. The van der Waals surface area contributed by atoms with E-state index in [-0.39, 0.29) is 0 Å². The third-order valence-electron chi connectivity index (χ3n) is 4.00. The predicted molar refractivity (Wildman–Crippen MR) is 98.3 cm³/mol. The average Bonchev–Trinajstić information content (AvgIpc) is 2.62. The molecule has 25 heavy (non-hydrogen) atoms. The summed E-state index contributed by atoms with van der Waals surface area (Å²) in [4.78, 5) is 21.8. The van der Waals surface area contributed by atoms with Gasteiger partial charge in [0.1, 0.15) is 5.56 Å². The smallest absolute Gasteiger partial charge is 0.342 e. The highest BCUT2D eigenvalue weighted by Gasteiger charge is 2.21. The average molecular weight is 332 g/mol. The van der Waals surface area contributed by atoms with Crippen LogP contribution in [0, 0.1) is 13.8 Å². The van der Waals surface area contributed by atoms with Crippen molar-refractivity contribution in [3.05, 3.63) is 71.4 Å². The van der Waals surface area contributed by atoms with Crippen LogP contribution in [0.3, 0.4) is 0 Å². The van der Waals surface area contributed by atoms with E-state index in [0.717, 1.165) is 16.7 Å². The highest BCUT2D eigenvalue weighted by Crippen LogP contribution is 2.28. The standard InChI is InChI=1S/C21H20N2O2/c1-4-25-21(24)18-15(3)22-20(17-13-9-8-10-14(17)2)23-19(18)16-11-6-5-7-12-16/h5-13H,4H2,1-3H3. The van der Waals surface area contributed by atoms with Crippen LogP contribution < -0.4 is 0 Å². The molecule has 1 heterocycles. The normalized spacial score (nSPS) is 10.5. The number of benzene rings is 2. The van der Waals surface area contributed by atoms with Crippen molar-refractivity contribution in [2.24, 2.45) is 0 Å². The molecule has 3 rings (SSSR count). The van der Waals surface area contributed by atoms with E-state index < -0.39 is 5.97 Å². The van der Waals surface area contributed by atoms with Gasteiger partial charge in [-0.15, -0.1) is 0 Å². The fourth-order valence-electron chi connectivity index (χ4n) is 2.77. The Morgan fingerprint density at radius 1 is 0.960 bits per heavy atom. The minimum Gasteiger partial charge on any atom is -0.462 e. The predicted octanol–water partition coefficient (Wildman–Crippen LogP) is 4.60. The Bertz CT molecular complexity index is 905. The maximum absolute atomic E-state index is 12.5. The summed E-state index contributed by atoms with van der Waals surface area (Å²) in [5.74, 6) is 0.220. The second-order valence-electron chi connectivity index (χ2n) is 5.76. The number of carbonyl (C=O) groups is 1. The van der Waals surface area contributed by atoms with Gasteiger partial charge in [0, 0.05) is 11.1 Å². The Morgan fingerprint density at radius 3 is 2.32 bits per heavy atom. The van der Waals surface area contributed by atoms with Crippen molar-refractivity contribution in [1.29, 1.82) is 0 Å². The fourth-order valence-corrected chi connectivity index (χ4v) is 2.77. The van der Waals surface area contributed by atoms with Crippen molar-refractivity contribution in [1.82, 2.24) is 9.97 Å². The van der Waals surface area contributed by atoms with Crippen LogP contribution in [0.1, 0.15) is 28.5 Å². The highest BCUT2D eigenvalue weighted by molar-refractivity contribution is 5.97. The van der Waals surface area contributed by atoms with E-state index in [1.165, 1.54) is 0 Å². The Kier molecular flexibility index (Phi) is 4.89. The van der Waals surface area contributed by atoms with Crippen LogP contribution >= 0.6 is 0 Å². The molecule has 0 unspecified atom stereocenters. The van der Waals surface area contributed by atoms with E-state index in [2.05, 4.69) is 4.98 Å². The zero-order valence-corrected chi connectivity index (χ0v) is 14.6. The number of rotatable bonds is 4. The molecule has 4 heteroatoms. The lowest BCUT2D eigenvalue weighted by Gasteiger charge is -2.14. The number of aryl methyl sites for hydroxylation is 2. The van der Waals surface area contributed by atoms with Gasteiger partial charge in [0.05, 0.1) is 18.0 Å². The molecule has 0 aliphatic heterocycles. The van der Waals surface area contributed by atoms with Gasteiger partial charge in [-0.2, -0.15) is 0 Å². The Morgan fingerprint density at radius 2 is 1.64 bits per heavy atom. The molecule has 0 saturated carbocycles. The van der Waals surface area contributed by atoms with Crippen molar-refractivity contribution in [3.8, 4) is 22.6 Å². The first kappa shape index (κ1) is 16.8. The lowest BCUT2D eigenvalue weighted by molar-refractivity contribution is 0.0525. The summed E-state index contributed by atoms with van der Waals surface area (Å²) in [5.41, 5.74) is 4.55. The molecule has 0 N–H and O–H groups in total. The van der Waals surface area contributed by atoms with Gasteiger partial charge in [-0.05, 0) is 26.3 Å². The van der Waals surface area contributed by atoms with Gasteiger partial charge in [0.25, 0.3) is 0 Å². The first-order valence-electron chi connectivity index (χ1n) is 8.29. The highest BCUT2D eigenvalue weighted by atomic mass is 16.5. The summed E-state index contributed by atoms with van der Waals surface area (Å²) in [6.07, 6.45) is 0. The summed E-state index contributed by atoms with van der Waals surface area (Å²) in [7, 11) is 0. The summed E-state index contributed by atoms with van der Waals surface area (Å²) < 4.78 is 5.22. The van der Waals surface area contributed by atoms with Gasteiger partial charge in [-0.3, -0.25) is 0 Å². The molecule has 0 atom stereocenters. The van der Waals surface area contributed by atoms with E-state index in [4.69, 9.17) is 9.72 Å². The molecule has 4 nitrogen and oxygen atoms in total. The Balaban J connectivity index is 2.25. The summed E-state index contributed by atoms with van der Waals surface area (Å²) in [5, 5.41) is 0. The van der Waals surface area contributed by atoms with Crippen molar-refractivity contribution < 1.29 is 9.53 Å². The van der Waals surface area contributed by atoms with Crippen LogP contribution in [0.5, 0.6) is 0 Å². The second kappa shape index (κ2) is 7.26. The summed E-state index contributed by atoms with van der Waals surface area (Å²) >= 11 is 0. The van der Waals surface area contributed by atoms with Gasteiger partial charge in [0.2, 0.25) is 0 Å². The lowest BCUT2D eigenvalue weighted by Crippen LogP contribution is -2.12. The van der Waals surface area contributed by atoms with Crippen LogP contribution in [0.4, 0.5) is 0 Å². The van der Waals surface area contributed by atoms with Gasteiger partial charge < -0.3 is 4.74 Å². The minimum atomic E-state index is -0.393. The maximum atomic E-state index is 12.5. The summed E-state index contributed by atoms with van der Waals surface area (Å²) in [6, 6.07) is 17.6. The zero-order valence-electron chi connectivity index (χ0n) is 14.6. The molecule has 3 aromatic rings. The van der Waals surface area contributed by atoms with E-state index in [1.807, 2.05) is 68.4 Å². The Hall–Kier alpha value is -3.01. The van der Waals surface area contributed by atoms with E-state index in [1.54, 1.807) is 6.92 Å². The minimum absolute atomic E-state index is 0.312.